The normalized spacial score (nSPS) is 16.1. The molecule has 0 aromatic carbocycles. The van der Waals surface area contributed by atoms with Crippen LogP contribution in [0.5, 0.6) is 0 Å². The first-order chi connectivity index (χ1) is 10.2. The first-order valence-electron chi connectivity index (χ1n) is 7.13. The van der Waals surface area contributed by atoms with Crippen molar-refractivity contribution in [2.75, 3.05) is 18.0 Å². The van der Waals surface area contributed by atoms with Gasteiger partial charge in [-0.2, -0.15) is 0 Å². The maximum Gasteiger partial charge on any atom is 0.217 e. The van der Waals surface area contributed by atoms with Crippen LogP contribution in [0.15, 0.2) is 24.4 Å². The van der Waals surface area contributed by atoms with E-state index in [2.05, 4.69) is 15.2 Å². The minimum Gasteiger partial charge on any atom is -0.355 e. The Morgan fingerprint density at radius 1 is 1.38 bits per heavy atom. The molecule has 0 unspecified atom stereocenters. The molecular weight excluding hydrogens is 268 g/mol. The van der Waals surface area contributed by atoms with Crippen molar-refractivity contribution < 1.29 is 9.59 Å². The van der Waals surface area contributed by atoms with E-state index in [1.807, 2.05) is 28.8 Å². The van der Waals surface area contributed by atoms with Gasteiger partial charge in [-0.3, -0.25) is 14.0 Å². The summed E-state index contributed by atoms with van der Waals surface area (Å²) in [5, 5.41) is 2.95. The molecule has 0 atom stereocenters. The molecule has 0 saturated carbocycles. The van der Waals surface area contributed by atoms with E-state index in [9.17, 15) is 9.59 Å². The Bertz CT molecular complexity index is 671. The summed E-state index contributed by atoms with van der Waals surface area (Å²) in [6, 6.07) is 5.90. The highest BCUT2D eigenvalue weighted by Crippen LogP contribution is 2.23. The summed E-state index contributed by atoms with van der Waals surface area (Å²) in [5.41, 5.74) is 1.36. The molecule has 0 bridgehead atoms. The van der Waals surface area contributed by atoms with Gasteiger partial charge in [0.15, 0.2) is 12.1 Å². The predicted molar refractivity (Wildman–Crippen MR) is 79.6 cm³/mol. The minimum absolute atomic E-state index is 0.00904. The first kappa shape index (κ1) is 13.6. The molecule has 6 nitrogen and oxygen atoms in total. The molecule has 1 aliphatic heterocycles. The van der Waals surface area contributed by atoms with Crippen LogP contribution in [0.25, 0.3) is 5.65 Å². The molecule has 1 amide bonds. The minimum atomic E-state index is 0.00904. The second-order valence-corrected chi connectivity index (χ2v) is 5.33. The number of nitrogens with one attached hydrogen (secondary N) is 1. The van der Waals surface area contributed by atoms with Crippen LogP contribution in [0.2, 0.25) is 0 Å². The molecule has 1 fully saturated rings. The van der Waals surface area contributed by atoms with Crippen LogP contribution >= 0.6 is 0 Å². The van der Waals surface area contributed by atoms with E-state index in [-0.39, 0.29) is 11.9 Å². The number of amides is 1. The molecule has 0 radical (unpaired) electrons. The molecule has 1 N–H and O–H groups in total. The molecule has 3 rings (SSSR count). The van der Waals surface area contributed by atoms with Crippen LogP contribution in [0.1, 0.15) is 30.3 Å². The van der Waals surface area contributed by atoms with Gasteiger partial charge < -0.3 is 10.2 Å². The monoisotopic (exact) mass is 286 g/mol. The van der Waals surface area contributed by atoms with Crippen LogP contribution in [-0.2, 0) is 4.79 Å². The van der Waals surface area contributed by atoms with Crippen LogP contribution < -0.4 is 10.2 Å². The Kier molecular flexibility index (Phi) is 3.60. The van der Waals surface area contributed by atoms with Crippen LogP contribution in [0.4, 0.5) is 5.82 Å². The molecule has 6 heteroatoms. The Balaban J connectivity index is 1.82. The maximum atomic E-state index is 11.4. The molecule has 2 aromatic heterocycles. The molecule has 21 heavy (non-hydrogen) atoms. The number of piperidine rings is 1. The third-order valence-corrected chi connectivity index (χ3v) is 3.86. The molecule has 1 saturated heterocycles. The van der Waals surface area contributed by atoms with E-state index in [4.69, 9.17) is 0 Å². The van der Waals surface area contributed by atoms with Gasteiger partial charge >= 0.3 is 0 Å². The van der Waals surface area contributed by atoms with Crippen LogP contribution in [-0.4, -0.2) is 40.7 Å². The van der Waals surface area contributed by atoms with E-state index in [1.165, 1.54) is 0 Å². The number of carbonyl (C=O) groups is 2. The van der Waals surface area contributed by atoms with E-state index >= 15 is 0 Å². The van der Waals surface area contributed by atoms with Crippen molar-refractivity contribution in [1.82, 2.24) is 14.7 Å². The van der Waals surface area contributed by atoms with Crippen molar-refractivity contribution in [2.24, 2.45) is 0 Å². The Labute approximate surface area is 122 Å². The van der Waals surface area contributed by atoms with Gasteiger partial charge in [0.25, 0.3) is 0 Å². The number of rotatable bonds is 3. The molecule has 2 aromatic rings. The van der Waals surface area contributed by atoms with Crippen LogP contribution in [0, 0.1) is 0 Å². The molecule has 110 valence electrons. The van der Waals surface area contributed by atoms with Crippen LogP contribution in [0.3, 0.4) is 0 Å². The van der Waals surface area contributed by atoms with Crippen molar-refractivity contribution in [3.05, 3.63) is 30.1 Å². The number of fused-ring (bicyclic) bond motifs is 1. The van der Waals surface area contributed by atoms with Gasteiger partial charge in [-0.05, 0) is 25.0 Å². The average Bonchev–Trinajstić information content (AvgIpc) is 2.86. The van der Waals surface area contributed by atoms with Crippen molar-refractivity contribution in [3.63, 3.8) is 0 Å². The number of hydrogen-bond acceptors (Lipinski definition) is 4. The lowest BCUT2D eigenvalue weighted by atomic mass is 10.0. The number of nitrogens with zero attached hydrogens (tertiary/aromatic N) is 3. The maximum absolute atomic E-state index is 11.4. The largest absolute Gasteiger partial charge is 0.355 e. The van der Waals surface area contributed by atoms with E-state index in [1.54, 1.807) is 6.92 Å². The second-order valence-electron chi connectivity index (χ2n) is 5.33. The van der Waals surface area contributed by atoms with Gasteiger partial charge in [0.05, 0.1) is 0 Å². The quantitative estimate of drug-likeness (QED) is 0.862. The summed E-state index contributed by atoms with van der Waals surface area (Å²) >= 11 is 0. The number of pyridine rings is 1. The highest BCUT2D eigenvalue weighted by molar-refractivity contribution is 5.83. The predicted octanol–water partition coefficient (Wildman–Crippen LogP) is 1.25. The van der Waals surface area contributed by atoms with Crippen molar-refractivity contribution >= 4 is 23.7 Å². The summed E-state index contributed by atoms with van der Waals surface area (Å²) < 4.78 is 1.81. The lowest BCUT2D eigenvalue weighted by Gasteiger charge is -2.32. The zero-order valence-corrected chi connectivity index (χ0v) is 12.0. The fourth-order valence-corrected chi connectivity index (χ4v) is 2.87. The highest BCUT2D eigenvalue weighted by Gasteiger charge is 2.24. The standard InChI is InChI=1S/C15H18N4O2/c1-11(21)16-12-5-8-18(9-6-12)15-13(10-20)19-7-3-2-4-14(19)17-15/h2-4,7,10,12H,5-6,8-9H2,1H3,(H,16,21). The summed E-state index contributed by atoms with van der Waals surface area (Å²) in [6.07, 6.45) is 4.44. The lowest BCUT2D eigenvalue weighted by molar-refractivity contribution is -0.119. The van der Waals surface area contributed by atoms with Gasteiger partial charge in [0.2, 0.25) is 5.91 Å². The van der Waals surface area contributed by atoms with Gasteiger partial charge in [0.1, 0.15) is 11.3 Å². The number of aldehydes is 1. The smallest absolute Gasteiger partial charge is 0.217 e. The van der Waals surface area contributed by atoms with Crippen molar-refractivity contribution in [3.8, 4) is 0 Å². The molecule has 1 aliphatic rings. The lowest BCUT2D eigenvalue weighted by Crippen LogP contribution is -2.44. The number of hydrogen-bond donors (Lipinski definition) is 1. The average molecular weight is 286 g/mol. The number of imidazole rings is 1. The number of aromatic nitrogens is 2. The van der Waals surface area contributed by atoms with Crippen molar-refractivity contribution in [2.45, 2.75) is 25.8 Å². The van der Waals surface area contributed by atoms with Gasteiger partial charge in [-0.1, -0.05) is 6.07 Å². The fourth-order valence-electron chi connectivity index (χ4n) is 2.87. The zero-order valence-electron chi connectivity index (χ0n) is 12.0. The summed E-state index contributed by atoms with van der Waals surface area (Å²) in [5.74, 6) is 0.743. The third-order valence-electron chi connectivity index (χ3n) is 3.86. The Morgan fingerprint density at radius 2 is 2.14 bits per heavy atom. The first-order valence-corrected chi connectivity index (χ1v) is 7.13. The fraction of sp³-hybridized carbons (Fsp3) is 0.400. The van der Waals surface area contributed by atoms with E-state index in [0.717, 1.165) is 43.7 Å². The van der Waals surface area contributed by atoms with Gasteiger partial charge in [-0.25, -0.2) is 4.98 Å². The van der Waals surface area contributed by atoms with E-state index < -0.39 is 0 Å². The molecule has 3 heterocycles. The molecular formula is C15H18N4O2. The third kappa shape index (κ3) is 2.61. The highest BCUT2D eigenvalue weighted by atomic mass is 16.1. The van der Waals surface area contributed by atoms with Gasteiger partial charge in [0, 0.05) is 32.3 Å². The summed E-state index contributed by atoms with van der Waals surface area (Å²) in [4.78, 5) is 29.2. The topological polar surface area (TPSA) is 66.7 Å². The molecule has 0 spiro atoms. The van der Waals surface area contributed by atoms with Crippen molar-refractivity contribution in [1.29, 1.82) is 0 Å². The van der Waals surface area contributed by atoms with Gasteiger partial charge in [-0.15, -0.1) is 0 Å². The number of anilines is 1. The molecule has 0 aliphatic carbocycles. The zero-order chi connectivity index (χ0) is 14.8. The SMILES string of the molecule is CC(=O)NC1CCN(c2nc3ccccn3c2C=O)CC1. The van der Waals surface area contributed by atoms with E-state index in [0.29, 0.717) is 5.69 Å². The summed E-state index contributed by atoms with van der Waals surface area (Å²) in [6.45, 7) is 3.12. The Morgan fingerprint density at radius 3 is 2.81 bits per heavy atom. The second kappa shape index (κ2) is 5.55. The number of carbonyl (C=O) groups excluding carboxylic acids is 2. The Hall–Kier alpha value is -2.37. The summed E-state index contributed by atoms with van der Waals surface area (Å²) in [7, 11) is 0.